The third-order valence-corrected chi connectivity index (χ3v) is 7.40. The molecule has 10 heteroatoms. The first-order valence-corrected chi connectivity index (χ1v) is 11.9. The number of aromatic nitrogens is 1. The van der Waals surface area contributed by atoms with E-state index in [1.54, 1.807) is 24.3 Å². The average molecular weight is 493 g/mol. The molecule has 1 aliphatic heterocycles. The minimum Gasteiger partial charge on any atom is -0.323 e. The van der Waals surface area contributed by atoms with Crippen LogP contribution in [-0.4, -0.2) is 46.4 Å². The number of anilines is 1. The van der Waals surface area contributed by atoms with Crippen LogP contribution in [0.1, 0.15) is 32.1 Å². The van der Waals surface area contributed by atoms with E-state index < -0.39 is 17.5 Å². The van der Waals surface area contributed by atoms with Crippen molar-refractivity contribution in [2.24, 2.45) is 0 Å². The van der Waals surface area contributed by atoms with Crippen LogP contribution in [-0.2, 0) is 9.59 Å². The van der Waals surface area contributed by atoms with Crippen molar-refractivity contribution in [3.8, 4) is 11.3 Å². The first kappa shape index (κ1) is 22.8. The highest BCUT2D eigenvalue weighted by molar-refractivity contribution is 7.14. The molecule has 2 heterocycles. The predicted molar refractivity (Wildman–Crippen MR) is 126 cm³/mol. The van der Waals surface area contributed by atoms with Gasteiger partial charge in [0.2, 0.25) is 5.91 Å². The maximum Gasteiger partial charge on any atom is 0.325 e. The fourth-order valence-electron chi connectivity index (χ4n) is 4.13. The lowest BCUT2D eigenvalue weighted by Crippen LogP contribution is -2.49. The van der Waals surface area contributed by atoms with Gasteiger partial charge in [0, 0.05) is 17.5 Å². The third kappa shape index (κ3) is 4.27. The molecule has 1 saturated heterocycles. The number of urea groups is 1. The number of carbonyl (C=O) groups excluding carboxylic acids is 3. The number of benzene rings is 1. The van der Waals surface area contributed by atoms with Crippen LogP contribution in [0.2, 0.25) is 10.0 Å². The van der Waals surface area contributed by atoms with Crippen molar-refractivity contribution >= 4 is 57.5 Å². The smallest absolute Gasteiger partial charge is 0.323 e. The second-order valence-electron chi connectivity index (χ2n) is 7.90. The Hall–Kier alpha value is -2.42. The molecule has 1 aliphatic carbocycles. The van der Waals surface area contributed by atoms with Crippen molar-refractivity contribution in [2.45, 2.75) is 37.6 Å². The van der Waals surface area contributed by atoms with Gasteiger partial charge in [-0.1, -0.05) is 54.6 Å². The molecule has 1 N–H and O–H groups in total. The van der Waals surface area contributed by atoms with Crippen LogP contribution in [0.15, 0.2) is 36.2 Å². The second kappa shape index (κ2) is 9.21. The monoisotopic (exact) mass is 492 g/mol. The summed E-state index contributed by atoms with van der Waals surface area (Å²) < 4.78 is 0. The molecule has 0 atom stereocenters. The summed E-state index contributed by atoms with van der Waals surface area (Å²) in [5.41, 5.74) is 0.545. The quantitative estimate of drug-likeness (QED) is 0.459. The summed E-state index contributed by atoms with van der Waals surface area (Å²) in [6, 6.07) is 4.67. The summed E-state index contributed by atoms with van der Waals surface area (Å²) in [5.74, 6) is -0.721. The summed E-state index contributed by atoms with van der Waals surface area (Å²) in [6.45, 7) is 3.57. The van der Waals surface area contributed by atoms with Crippen molar-refractivity contribution < 1.29 is 14.4 Å². The highest BCUT2D eigenvalue weighted by Gasteiger charge is 2.51. The Morgan fingerprint density at radius 3 is 2.69 bits per heavy atom. The summed E-state index contributed by atoms with van der Waals surface area (Å²) in [7, 11) is 0. The molecule has 0 radical (unpaired) electrons. The first-order chi connectivity index (χ1) is 15.3. The van der Waals surface area contributed by atoms with Gasteiger partial charge < -0.3 is 5.32 Å². The normalized spacial score (nSPS) is 17.5. The molecule has 1 saturated carbocycles. The van der Waals surface area contributed by atoms with E-state index >= 15 is 0 Å². The van der Waals surface area contributed by atoms with Crippen LogP contribution in [0.4, 0.5) is 9.93 Å². The van der Waals surface area contributed by atoms with Crippen molar-refractivity contribution in [3.63, 3.8) is 0 Å². The fraction of sp³-hybridized carbons (Fsp3) is 0.364. The molecule has 4 rings (SSSR count). The van der Waals surface area contributed by atoms with Gasteiger partial charge >= 0.3 is 6.03 Å². The molecule has 0 bridgehead atoms. The van der Waals surface area contributed by atoms with E-state index in [0.717, 1.165) is 29.7 Å². The van der Waals surface area contributed by atoms with Gasteiger partial charge in [-0.15, -0.1) is 17.9 Å². The second-order valence-corrected chi connectivity index (χ2v) is 9.55. The Balaban J connectivity index is 1.53. The minimum atomic E-state index is -0.860. The third-order valence-electron chi connectivity index (χ3n) is 5.80. The molecule has 168 valence electrons. The molecule has 0 unspecified atom stereocenters. The van der Waals surface area contributed by atoms with Crippen molar-refractivity contribution in [2.75, 3.05) is 18.0 Å². The largest absolute Gasteiger partial charge is 0.325 e. The van der Waals surface area contributed by atoms with E-state index in [1.165, 1.54) is 16.2 Å². The fourth-order valence-corrected chi connectivity index (χ4v) is 5.29. The lowest BCUT2D eigenvalue weighted by Gasteiger charge is -2.30. The van der Waals surface area contributed by atoms with Gasteiger partial charge in [0.05, 0.1) is 15.7 Å². The Bertz CT molecular complexity index is 1080. The maximum atomic E-state index is 13.1. The number of imide groups is 1. The number of carbonyl (C=O) groups is 3. The number of thiazole rings is 1. The van der Waals surface area contributed by atoms with Gasteiger partial charge in [-0.25, -0.2) is 9.78 Å². The number of hydrogen-bond acceptors (Lipinski definition) is 5. The van der Waals surface area contributed by atoms with Gasteiger partial charge in [0.25, 0.3) is 5.91 Å². The zero-order chi connectivity index (χ0) is 22.9. The van der Waals surface area contributed by atoms with Crippen LogP contribution < -0.4 is 10.2 Å². The van der Waals surface area contributed by atoms with E-state index in [9.17, 15) is 14.4 Å². The molecule has 7 nitrogen and oxygen atoms in total. The molecule has 2 fully saturated rings. The van der Waals surface area contributed by atoms with Gasteiger partial charge in [-0.3, -0.25) is 19.4 Å². The zero-order valence-electron chi connectivity index (χ0n) is 17.3. The van der Waals surface area contributed by atoms with E-state index in [2.05, 4.69) is 16.9 Å². The number of nitrogens with zero attached hydrogens (tertiary/aromatic N) is 3. The first-order valence-electron chi connectivity index (χ1n) is 10.3. The van der Waals surface area contributed by atoms with E-state index in [0.29, 0.717) is 33.7 Å². The lowest BCUT2D eigenvalue weighted by molar-refractivity contribution is -0.135. The van der Waals surface area contributed by atoms with Crippen molar-refractivity contribution in [1.29, 1.82) is 0 Å². The topological polar surface area (TPSA) is 82.6 Å². The number of nitrogens with one attached hydrogen (secondary N) is 1. The van der Waals surface area contributed by atoms with Gasteiger partial charge in [-0.2, -0.15) is 0 Å². The Labute approximate surface area is 200 Å². The molecule has 2 aromatic rings. The van der Waals surface area contributed by atoms with Crippen molar-refractivity contribution in [1.82, 2.24) is 15.2 Å². The standard InChI is InChI=1S/C22H22Cl2N4O3S/c1-2-10-27(21-25-17(13-32-21)14-6-7-15(23)16(24)11-14)18(29)12-28-19(30)22(26-20(28)31)8-4-3-5-9-22/h2,6-7,11,13H,1,3-5,8-10,12H2,(H,26,31). The molecule has 1 aromatic heterocycles. The van der Waals surface area contributed by atoms with Crippen LogP contribution in [0.25, 0.3) is 11.3 Å². The summed E-state index contributed by atoms with van der Waals surface area (Å²) in [4.78, 5) is 45.7. The average Bonchev–Trinajstić information content (AvgIpc) is 3.34. The summed E-state index contributed by atoms with van der Waals surface area (Å²) in [6.07, 6.45) is 5.60. The Morgan fingerprint density at radius 1 is 1.25 bits per heavy atom. The molecular formula is C22H22Cl2N4O3S. The van der Waals surface area contributed by atoms with E-state index in [4.69, 9.17) is 23.2 Å². The lowest BCUT2D eigenvalue weighted by atomic mass is 9.82. The van der Waals surface area contributed by atoms with Crippen LogP contribution in [0.3, 0.4) is 0 Å². The minimum absolute atomic E-state index is 0.196. The Morgan fingerprint density at radius 2 is 2.00 bits per heavy atom. The van der Waals surface area contributed by atoms with Crippen LogP contribution >= 0.6 is 34.5 Å². The highest BCUT2D eigenvalue weighted by Crippen LogP contribution is 2.34. The van der Waals surface area contributed by atoms with Crippen LogP contribution in [0.5, 0.6) is 0 Å². The number of amides is 4. The van der Waals surface area contributed by atoms with Crippen LogP contribution in [0, 0.1) is 0 Å². The molecular weight excluding hydrogens is 471 g/mol. The number of rotatable bonds is 6. The maximum absolute atomic E-state index is 13.1. The molecule has 1 aromatic carbocycles. The predicted octanol–water partition coefficient (Wildman–Crippen LogP) is 4.89. The number of hydrogen-bond donors (Lipinski definition) is 1. The summed E-state index contributed by atoms with van der Waals surface area (Å²) >= 11 is 13.4. The van der Waals surface area contributed by atoms with Gasteiger partial charge in [0.1, 0.15) is 12.1 Å². The van der Waals surface area contributed by atoms with E-state index in [1.807, 2.05) is 5.38 Å². The van der Waals surface area contributed by atoms with Gasteiger partial charge in [-0.05, 0) is 25.0 Å². The number of halogens is 2. The highest BCUT2D eigenvalue weighted by atomic mass is 35.5. The van der Waals surface area contributed by atoms with Crippen molar-refractivity contribution in [3.05, 3.63) is 46.3 Å². The summed E-state index contributed by atoms with van der Waals surface area (Å²) in [5, 5.41) is 5.93. The Kier molecular flexibility index (Phi) is 6.55. The van der Waals surface area contributed by atoms with E-state index in [-0.39, 0.29) is 19.0 Å². The molecule has 2 aliphatic rings. The molecule has 1 spiro atoms. The SMILES string of the molecule is C=CCN(C(=O)CN1C(=O)NC2(CCCCC2)C1=O)c1nc(-c2ccc(Cl)c(Cl)c2)cs1. The molecule has 4 amide bonds. The molecule has 32 heavy (non-hydrogen) atoms. The van der Waals surface area contributed by atoms with Gasteiger partial charge in [0.15, 0.2) is 5.13 Å². The zero-order valence-corrected chi connectivity index (χ0v) is 19.6.